The van der Waals surface area contributed by atoms with Gasteiger partial charge >= 0.3 is 11.9 Å². The van der Waals surface area contributed by atoms with E-state index in [0.29, 0.717) is 11.1 Å². The minimum atomic E-state index is -1.12. The third kappa shape index (κ3) is 6.37. The Bertz CT molecular complexity index is 1020. The Morgan fingerprint density at radius 1 is 0.765 bits per heavy atom. The van der Waals surface area contributed by atoms with Gasteiger partial charge in [0.05, 0.1) is 34.4 Å². The summed E-state index contributed by atoms with van der Waals surface area (Å²) in [6, 6.07) is 6.03. The Kier molecular flexibility index (Phi) is 9.23. The topological polar surface area (TPSA) is 152 Å². The molecule has 0 saturated carbocycles. The summed E-state index contributed by atoms with van der Waals surface area (Å²) in [6.45, 7) is 0. The second-order valence-electron chi connectivity index (χ2n) is 7.75. The number of carboxylic acid groups (broad SMARTS) is 2. The summed E-state index contributed by atoms with van der Waals surface area (Å²) in [5.74, 6) is -3.36. The van der Waals surface area contributed by atoms with Gasteiger partial charge in [0.15, 0.2) is 23.0 Å². The lowest BCUT2D eigenvalue weighted by Gasteiger charge is -2.25. The van der Waals surface area contributed by atoms with Crippen molar-refractivity contribution in [1.29, 1.82) is 0 Å². The highest BCUT2D eigenvalue weighted by Gasteiger charge is 2.30. The van der Waals surface area contributed by atoms with E-state index in [2.05, 4.69) is 0 Å². The van der Waals surface area contributed by atoms with Crippen molar-refractivity contribution >= 4 is 11.9 Å². The van der Waals surface area contributed by atoms with Crippen LogP contribution in [-0.2, 0) is 22.4 Å². The van der Waals surface area contributed by atoms with Crippen LogP contribution in [0.3, 0.4) is 0 Å². The van der Waals surface area contributed by atoms with Gasteiger partial charge < -0.3 is 39.4 Å². The molecule has 0 radical (unpaired) electrons. The maximum absolute atomic E-state index is 12.3. The molecule has 2 aromatic carbocycles. The molecule has 0 fully saturated rings. The number of phenolic OH excluding ortho intramolecular Hbond substituents is 2. The second kappa shape index (κ2) is 11.9. The first-order valence-electron chi connectivity index (χ1n) is 10.5. The van der Waals surface area contributed by atoms with Gasteiger partial charge in [0.1, 0.15) is 0 Å². The number of ether oxygens (including phenoxy) is 4. The summed E-state index contributed by atoms with van der Waals surface area (Å²) in [5, 5.41) is 39.8. The smallest absolute Gasteiger partial charge is 0.307 e. The second-order valence-corrected chi connectivity index (χ2v) is 7.75. The van der Waals surface area contributed by atoms with Crippen molar-refractivity contribution in [2.24, 2.45) is 11.8 Å². The van der Waals surface area contributed by atoms with E-state index in [0.717, 1.165) is 0 Å². The van der Waals surface area contributed by atoms with Gasteiger partial charge in [0, 0.05) is 6.42 Å². The van der Waals surface area contributed by atoms with Crippen molar-refractivity contribution in [2.45, 2.75) is 25.7 Å². The van der Waals surface area contributed by atoms with Crippen LogP contribution in [0.5, 0.6) is 34.5 Å². The van der Waals surface area contributed by atoms with Crippen LogP contribution in [-0.4, -0.2) is 60.8 Å². The lowest BCUT2D eigenvalue weighted by atomic mass is 9.80. The van der Waals surface area contributed by atoms with Gasteiger partial charge in [-0.2, -0.15) is 0 Å². The minimum Gasteiger partial charge on any atom is -0.504 e. The van der Waals surface area contributed by atoms with Crippen molar-refractivity contribution in [3.63, 3.8) is 0 Å². The zero-order valence-corrected chi connectivity index (χ0v) is 19.5. The van der Waals surface area contributed by atoms with Crippen molar-refractivity contribution in [2.75, 3.05) is 28.4 Å². The lowest BCUT2D eigenvalue weighted by molar-refractivity contribution is -0.145. The van der Waals surface area contributed by atoms with E-state index in [-0.39, 0.29) is 60.2 Å². The SMILES string of the molecule is COc1cc(C[C@@H](CCC(=O)O)[C@@H](Cc2cc(O)c(OC)c(OC)c2)C(=O)O)cc(O)c1OC. The Balaban J connectivity index is 2.44. The number of aromatic hydroxyl groups is 2. The maximum atomic E-state index is 12.3. The van der Waals surface area contributed by atoms with Crippen LogP contribution >= 0.6 is 0 Å². The Hall–Kier alpha value is -3.82. The number of hydrogen-bond acceptors (Lipinski definition) is 8. The number of phenols is 2. The van der Waals surface area contributed by atoms with Gasteiger partial charge in [-0.15, -0.1) is 0 Å². The van der Waals surface area contributed by atoms with Crippen molar-refractivity contribution < 1.29 is 49.0 Å². The van der Waals surface area contributed by atoms with Crippen molar-refractivity contribution in [1.82, 2.24) is 0 Å². The van der Waals surface area contributed by atoms with E-state index < -0.39 is 23.8 Å². The normalized spacial score (nSPS) is 12.5. The Morgan fingerprint density at radius 3 is 1.62 bits per heavy atom. The van der Waals surface area contributed by atoms with Gasteiger partial charge in [-0.3, -0.25) is 9.59 Å². The van der Waals surface area contributed by atoms with E-state index in [1.807, 2.05) is 0 Å². The van der Waals surface area contributed by atoms with Crippen LogP contribution < -0.4 is 18.9 Å². The number of rotatable bonds is 13. The number of carbonyl (C=O) groups is 2. The summed E-state index contributed by atoms with van der Waals surface area (Å²) in [5.41, 5.74) is 1.05. The van der Waals surface area contributed by atoms with E-state index in [4.69, 9.17) is 18.9 Å². The van der Waals surface area contributed by atoms with Crippen LogP contribution in [0, 0.1) is 11.8 Å². The molecule has 10 heteroatoms. The fourth-order valence-electron chi connectivity index (χ4n) is 4.00. The minimum absolute atomic E-state index is 0.00675. The standard InChI is InChI=1S/C24H30O10/c1-31-19-11-13(9-17(25)22(19)33-3)7-15(5-6-21(27)28)16(24(29)30)8-14-10-18(26)23(34-4)20(12-14)32-2/h9-12,15-16,25-26H,5-8H2,1-4H3,(H,27,28)(H,29,30)/t15-,16-/m1/s1. The molecule has 0 heterocycles. The molecule has 0 aliphatic heterocycles. The molecule has 186 valence electrons. The molecule has 0 spiro atoms. The van der Waals surface area contributed by atoms with Crippen LogP contribution in [0.15, 0.2) is 24.3 Å². The summed E-state index contributed by atoms with van der Waals surface area (Å²) >= 11 is 0. The van der Waals surface area contributed by atoms with Crippen molar-refractivity contribution in [3.8, 4) is 34.5 Å². The first-order valence-corrected chi connectivity index (χ1v) is 10.5. The van der Waals surface area contributed by atoms with Gasteiger partial charge in [-0.05, 0) is 60.6 Å². The molecule has 2 aromatic rings. The average molecular weight is 478 g/mol. The quantitative estimate of drug-likeness (QED) is 0.338. The van der Waals surface area contributed by atoms with E-state index >= 15 is 0 Å². The molecule has 34 heavy (non-hydrogen) atoms. The Morgan fingerprint density at radius 2 is 1.24 bits per heavy atom. The van der Waals surface area contributed by atoms with E-state index in [1.54, 1.807) is 12.1 Å². The summed E-state index contributed by atoms with van der Waals surface area (Å²) in [6.07, 6.45) is 0.0236. The monoisotopic (exact) mass is 478 g/mol. The number of hydrogen-bond donors (Lipinski definition) is 4. The first-order chi connectivity index (χ1) is 16.1. The molecule has 0 saturated heterocycles. The number of carboxylic acids is 2. The molecule has 2 atom stereocenters. The van der Waals surface area contributed by atoms with Crippen LogP contribution in [0.4, 0.5) is 0 Å². The molecule has 2 rings (SSSR count). The van der Waals surface area contributed by atoms with Crippen molar-refractivity contribution in [3.05, 3.63) is 35.4 Å². The van der Waals surface area contributed by atoms with Gasteiger partial charge in [-0.25, -0.2) is 0 Å². The van der Waals surface area contributed by atoms with Crippen LogP contribution in [0.1, 0.15) is 24.0 Å². The third-order valence-electron chi connectivity index (χ3n) is 5.61. The highest BCUT2D eigenvalue weighted by Crippen LogP contribution is 2.40. The molecule has 0 aliphatic carbocycles. The van der Waals surface area contributed by atoms with Gasteiger partial charge in [0.25, 0.3) is 0 Å². The molecule has 0 bridgehead atoms. The molecule has 10 nitrogen and oxygen atoms in total. The van der Waals surface area contributed by atoms with E-state index in [1.165, 1.54) is 40.6 Å². The number of aliphatic carboxylic acids is 2. The molecule has 0 unspecified atom stereocenters. The lowest BCUT2D eigenvalue weighted by Crippen LogP contribution is -2.28. The molecule has 0 aromatic heterocycles. The molecule has 4 N–H and O–H groups in total. The average Bonchev–Trinajstić information content (AvgIpc) is 2.79. The fourth-order valence-corrected chi connectivity index (χ4v) is 4.00. The molecule has 0 amide bonds. The summed E-state index contributed by atoms with van der Waals surface area (Å²) in [7, 11) is 5.56. The summed E-state index contributed by atoms with van der Waals surface area (Å²) in [4.78, 5) is 23.5. The zero-order valence-electron chi connectivity index (χ0n) is 19.5. The van der Waals surface area contributed by atoms with Gasteiger partial charge in [-0.1, -0.05) is 0 Å². The maximum Gasteiger partial charge on any atom is 0.307 e. The van der Waals surface area contributed by atoms with E-state index in [9.17, 15) is 30.0 Å². The third-order valence-corrected chi connectivity index (χ3v) is 5.61. The van der Waals surface area contributed by atoms with Crippen LogP contribution in [0.2, 0.25) is 0 Å². The Labute approximate surface area is 197 Å². The zero-order chi connectivity index (χ0) is 25.4. The molecular formula is C24H30O10. The highest BCUT2D eigenvalue weighted by molar-refractivity contribution is 5.72. The van der Waals surface area contributed by atoms with Gasteiger partial charge in [0.2, 0.25) is 11.5 Å². The fraction of sp³-hybridized carbons (Fsp3) is 0.417. The first kappa shape index (κ1) is 26.4. The summed E-state index contributed by atoms with van der Waals surface area (Å²) < 4.78 is 20.7. The largest absolute Gasteiger partial charge is 0.504 e. The molecular weight excluding hydrogens is 448 g/mol. The highest BCUT2D eigenvalue weighted by atomic mass is 16.5. The number of methoxy groups -OCH3 is 4. The van der Waals surface area contributed by atoms with Crippen LogP contribution in [0.25, 0.3) is 0 Å². The molecule has 0 aliphatic rings. The number of benzene rings is 2. The predicted molar refractivity (Wildman–Crippen MR) is 121 cm³/mol. The predicted octanol–water partition coefficient (Wildman–Crippen LogP) is 3.10.